The quantitative estimate of drug-likeness (QED) is 0.190. The molecule has 1 heterocycles. The standard InChI is InChI=1S/C43H62ClN3O3S/c1-27-15-20-43(37(49)46-23-25-47(26-24-46)38(51)45-31-11-9-30(44)10-12-31)22-21-41(7)32(36(43)28(27)2)13-14-34-40(6)18-17-35(50-29(3)48)39(4,5)33(40)16-19-42(34,41)8/h9-13,27-28,33-36H,14-26H2,1-8H3,(H,45,51)/t27-,28+,33+,34-,35+,36+,40+,41-,42-,43+/m1/s1. The SMILES string of the molecule is CC(=O)O[C@H]1CC[C@]2(C)[C@H]3CC=C4[C@@H]5[C@@H](C)[C@H](C)CC[C@]5(C(=O)N5CCN(C(=S)Nc6ccc(Cl)cc6)CC5)CC[C@@]4(C)[C@]3(C)CC[C@H]2C1(C)C. The van der Waals surface area contributed by atoms with Crippen LogP contribution in [0.2, 0.25) is 5.02 Å². The zero-order valence-electron chi connectivity index (χ0n) is 32.4. The number of rotatable bonds is 3. The molecular weight excluding hydrogens is 674 g/mol. The summed E-state index contributed by atoms with van der Waals surface area (Å²) >= 11 is 11.9. The van der Waals surface area contributed by atoms with Crippen molar-refractivity contribution in [3.05, 3.63) is 40.9 Å². The summed E-state index contributed by atoms with van der Waals surface area (Å²) in [6, 6.07) is 7.63. The fraction of sp³-hybridized carbons (Fsp3) is 0.744. The molecule has 0 aromatic heterocycles. The number of carbonyl (C=O) groups excluding carboxylic acids is 2. The number of hydrogen-bond acceptors (Lipinski definition) is 4. The van der Waals surface area contributed by atoms with Crippen LogP contribution < -0.4 is 5.32 Å². The predicted octanol–water partition coefficient (Wildman–Crippen LogP) is 9.77. The summed E-state index contributed by atoms with van der Waals surface area (Å²) in [7, 11) is 0. The van der Waals surface area contributed by atoms with E-state index in [9.17, 15) is 4.79 Å². The van der Waals surface area contributed by atoms with Gasteiger partial charge in [0.05, 0.1) is 5.41 Å². The minimum atomic E-state index is -0.324. The van der Waals surface area contributed by atoms with Crippen LogP contribution in [0.1, 0.15) is 113 Å². The van der Waals surface area contributed by atoms with E-state index >= 15 is 4.79 Å². The molecule has 51 heavy (non-hydrogen) atoms. The second kappa shape index (κ2) is 13.0. The molecule has 1 aliphatic heterocycles. The largest absolute Gasteiger partial charge is 0.462 e. The zero-order chi connectivity index (χ0) is 36.7. The van der Waals surface area contributed by atoms with Crippen LogP contribution in [0.15, 0.2) is 35.9 Å². The maximum absolute atomic E-state index is 15.1. The predicted molar refractivity (Wildman–Crippen MR) is 210 cm³/mol. The lowest BCUT2D eigenvalue weighted by atomic mass is 9.33. The molecule has 1 aromatic carbocycles. The van der Waals surface area contributed by atoms with Crippen LogP contribution in [0.5, 0.6) is 0 Å². The summed E-state index contributed by atoms with van der Waals surface area (Å²) in [4.78, 5) is 31.6. The van der Waals surface area contributed by atoms with Crippen molar-refractivity contribution >= 4 is 46.5 Å². The van der Waals surface area contributed by atoms with Crippen LogP contribution >= 0.6 is 23.8 Å². The van der Waals surface area contributed by atoms with Crippen LogP contribution in [0, 0.1) is 56.7 Å². The molecule has 0 unspecified atom stereocenters. The van der Waals surface area contributed by atoms with E-state index in [0.29, 0.717) is 52.8 Å². The van der Waals surface area contributed by atoms with Crippen LogP contribution in [-0.2, 0) is 14.3 Å². The van der Waals surface area contributed by atoms with Gasteiger partial charge in [-0.1, -0.05) is 71.7 Å². The Hall–Kier alpha value is -2.12. The Morgan fingerprint density at radius 2 is 1.53 bits per heavy atom. The van der Waals surface area contributed by atoms with Gasteiger partial charge in [0.25, 0.3) is 0 Å². The normalized spacial score (nSPS) is 41.5. The van der Waals surface area contributed by atoms with Gasteiger partial charge in [-0.15, -0.1) is 0 Å². The third kappa shape index (κ3) is 5.71. The lowest BCUT2D eigenvalue weighted by Crippen LogP contribution is -2.66. The number of piperazine rings is 1. The van der Waals surface area contributed by atoms with Gasteiger partial charge in [-0.3, -0.25) is 9.59 Å². The Morgan fingerprint density at radius 1 is 0.863 bits per heavy atom. The number of carbonyl (C=O) groups is 2. The van der Waals surface area contributed by atoms with Crippen LogP contribution in [-0.4, -0.2) is 59.1 Å². The molecule has 1 aromatic rings. The highest BCUT2D eigenvalue weighted by Crippen LogP contribution is 2.76. The van der Waals surface area contributed by atoms with Crippen molar-refractivity contribution in [3.63, 3.8) is 0 Å². The van der Waals surface area contributed by atoms with Gasteiger partial charge in [0.1, 0.15) is 6.10 Å². The number of nitrogens with one attached hydrogen (secondary N) is 1. The van der Waals surface area contributed by atoms with Gasteiger partial charge >= 0.3 is 5.97 Å². The monoisotopic (exact) mass is 735 g/mol. The highest BCUT2D eigenvalue weighted by molar-refractivity contribution is 7.80. The second-order valence-electron chi connectivity index (χ2n) is 19.0. The molecule has 1 N–H and O–H groups in total. The number of nitrogens with zero attached hydrogens (tertiary/aromatic N) is 2. The molecule has 0 spiro atoms. The number of benzene rings is 1. The minimum absolute atomic E-state index is 0.00853. The van der Waals surface area contributed by atoms with E-state index in [1.165, 1.54) is 12.8 Å². The van der Waals surface area contributed by atoms with Gasteiger partial charge in [0, 0.05) is 49.2 Å². The summed E-state index contributed by atoms with van der Waals surface area (Å²) in [6.07, 6.45) is 12.4. The summed E-state index contributed by atoms with van der Waals surface area (Å²) in [6.45, 7) is 21.9. The summed E-state index contributed by atoms with van der Waals surface area (Å²) in [5.41, 5.74) is 2.61. The number of ether oxygens (including phenoxy) is 1. The number of amides is 1. The molecule has 1 saturated heterocycles. The maximum atomic E-state index is 15.1. The molecule has 10 atom stereocenters. The van der Waals surface area contributed by atoms with Gasteiger partial charge in [0.2, 0.25) is 5.91 Å². The molecule has 7 rings (SSSR count). The fourth-order valence-corrected chi connectivity index (χ4v) is 13.8. The van der Waals surface area contributed by atoms with Gasteiger partial charge in [-0.05, 0) is 140 Å². The van der Waals surface area contributed by atoms with Crippen molar-refractivity contribution < 1.29 is 14.3 Å². The Balaban J connectivity index is 1.14. The Morgan fingerprint density at radius 3 is 2.20 bits per heavy atom. The van der Waals surface area contributed by atoms with Crippen molar-refractivity contribution in [2.24, 2.45) is 56.7 Å². The highest BCUT2D eigenvalue weighted by atomic mass is 35.5. The maximum Gasteiger partial charge on any atom is 0.302 e. The molecule has 4 saturated carbocycles. The number of allylic oxidation sites excluding steroid dienone is 2. The van der Waals surface area contributed by atoms with E-state index in [1.807, 2.05) is 24.3 Å². The molecule has 0 bridgehead atoms. The van der Waals surface area contributed by atoms with Crippen LogP contribution in [0.3, 0.4) is 0 Å². The zero-order valence-corrected chi connectivity index (χ0v) is 34.0. The average Bonchev–Trinajstić information content (AvgIpc) is 3.08. The van der Waals surface area contributed by atoms with E-state index in [0.717, 1.165) is 63.7 Å². The fourth-order valence-electron chi connectivity index (χ4n) is 13.4. The number of hydrogen-bond donors (Lipinski definition) is 1. The van der Waals surface area contributed by atoms with Gasteiger partial charge < -0.3 is 19.9 Å². The highest BCUT2D eigenvalue weighted by Gasteiger charge is 2.70. The molecule has 5 fully saturated rings. The second-order valence-corrected chi connectivity index (χ2v) is 19.8. The van der Waals surface area contributed by atoms with Crippen LogP contribution in [0.4, 0.5) is 5.69 Å². The summed E-state index contributed by atoms with van der Waals surface area (Å²) in [5, 5.41) is 4.77. The number of thiocarbonyl (C=S) groups is 1. The Bertz CT molecular complexity index is 1590. The Labute approximate surface area is 317 Å². The first-order chi connectivity index (χ1) is 24.0. The van der Waals surface area contributed by atoms with Gasteiger partial charge in [-0.2, -0.15) is 0 Å². The smallest absolute Gasteiger partial charge is 0.302 e. The van der Waals surface area contributed by atoms with Gasteiger partial charge in [-0.25, -0.2) is 0 Å². The molecule has 5 aliphatic carbocycles. The molecular formula is C43H62ClN3O3S. The summed E-state index contributed by atoms with van der Waals surface area (Å²) in [5.74, 6) is 2.71. The third-order valence-corrected chi connectivity index (χ3v) is 17.2. The number of fused-ring (bicyclic) bond motifs is 7. The van der Waals surface area contributed by atoms with Crippen molar-refractivity contribution in [2.75, 3.05) is 31.5 Å². The average molecular weight is 737 g/mol. The van der Waals surface area contributed by atoms with E-state index in [1.54, 1.807) is 12.5 Å². The minimum Gasteiger partial charge on any atom is -0.462 e. The number of anilines is 1. The first-order valence-corrected chi connectivity index (χ1v) is 20.8. The third-order valence-electron chi connectivity index (χ3n) is 16.6. The van der Waals surface area contributed by atoms with Crippen molar-refractivity contribution in [1.29, 1.82) is 0 Å². The number of halogens is 1. The van der Waals surface area contributed by atoms with Crippen molar-refractivity contribution in [3.8, 4) is 0 Å². The molecule has 1 amide bonds. The first kappa shape index (κ1) is 37.2. The first-order valence-electron chi connectivity index (χ1n) is 20.0. The topological polar surface area (TPSA) is 61.9 Å². The van der Waals surface area contributed by atoms with E-state index in [-0.39, 0.29) is 45.1 Å². The summed E-state index contributed by atoms with van der Waals surface area (Å²) < 4.78 is 5.97. The Kier molecular flexibility index (Phi) is 9.50. The molecule has 6 aliphatic rings. The lowest BCUT2D eigenvalue weighted by Gasteiger charge is -2.71. The van der Waals surface area contributed by atoms with Gasteiger partial charge in [0.15, 0.2) is 5.11 Å². The van der Waals surface area contributed by atoms with E-state index in [4.69, 9.17) is 28.6 Å². The lowest BCUT2D eigenvalue weighted by molar-refractivity contribution is -0.213. The molecule has 6 nitrogen and oxygen atoms in total. The molecule has 0 radical (unpaired) electrons. The van der Waals surface area contributed by atoms with Crippen molar-refractivity contribution in [2.45, 2.75) is 119 Å². The van der Waals surface area contributed by atoms with Crippen molar-refractivity contribution in [1.82, 2.24) is 9.80 Å². The molecule has 280 valence electrons. The van der Waals surface area contributed by atoms with E-state index in [2.05, 4.69) is 69.7 Å². The number of esters is 1. The van der Waals surface area contributed by atoms with Crippen LogP contribution in [0.25, 0.3) is 0 Å². The van der Waals surface area contributed by atoms with E-state index < -0.39 is 0 Å². The molecule has 8 heteroatoms.